The quantitative estimate of drug-likeness (QED) is 0.789. The molecular weight excluding hydrogens is 250 g/mol. The van der Waals surface area contributed by atoms with Gasteiger partial charge in [-0.2, -0.15) is 0 Å². The first-order valence-corrected chi connectivity index (χ1v) is 7.43. The second kappa shape index (κ2) is 6.27. The Hall–Kier alpha value is -1.55. The fourth-order valence-electron chi connectivity index (χ4n) is 2.79. The Labute approximate surface area is 121 Å². The molecule has 4 heteroatoms. The summed E-state index contributed by atoms with van der Waals surface area (Å²) in [5.74, 6) is 0. The maximum Gasteiger partial charge on any atom is 0.319 e. The topological polar surface area (TPSA) is 67.1 Å². The Balaban J connectivity index is 1.95. The summed E-state index contributed by atoms with van der Waals surface area (Å²) in [4.78, 5) is 12.1. The molecule has 4 N–H and O–H groups in total. The first kappa shape index (κ1) is 14.9. The summed E-state index contributed by atoms with van der Waals surface area (Å²) in [5, 5.41) is 6.02. The van der Waals surface area contributed by atoms with Crippen molar-refractivity contribution in [2.75, 3.05) is 5.32 Å². The molecule has 1 fully saturated rings. The van der Waals surface area contributed by atoms with Gasteiger partial charge in [-0.15, -0.1) is 0 Å². The van der Waals surface area contributed by atoms with E-state index in [0.717, 1.165) is 24.1 Å². The highest BCUT2D eigenvalue weighted by Gasteiger charge is 2.28. The Kier molecular flexibility index (Phi) is 4.65. The standard InChI is InChI=1S/C16H25N3O/c1-12(17)13-7-6-8-14(11-13)18-15(20)19-16(2)9-4-3-5-10-16/h6-8,11-12H,3-5,9-10,17H2,1-2H3,(H2,18,19,20). The minimum Gasteiger partial charge on any atom is -0.333 e. The van der Waals surface area contributed by atoms with Gasteiger partial charge in [-0.05, 0) is 44.4 Å². The number of carbonyl (C=O) groups excluding carboxylic acids is 1. The van der Waals surface area contributed by atoms with Gasteiger partial charge in [0.15, 0.2) is 0 Å². The molecule has 0 aliphatic heterocycles. The fraction of sp³-hybridized carbons (Fsp3) is 0.562. The summed E-state index contributed by atoms with van der Waals surface area (Å²) in [6.07, 6.45) is 5.77. The Morgan fingerprint density at radius 2 is 2.00 bits per heavy atom. The van der Waals surface area contributed by atoms with Crippen LogP contribution in [0.1, 0.15) is 57.6 Å². The largest absolute Gasteiger partial charge is 0.333 e. The van der Waals surface area contributed by atoms with Crippen LogP contribution in [0.2, 0.25) is 0 Å². The predicted octanol–water partition coefficient (Wildman–Crippen LogP) is 3.55. The van der Waals surface area contributed by atoms with Crippen molar-refractivity contribution in [1.82, 2.24) is 5.32 Å². The molecule has 1 unspecified atom stereocenters. The van der Waals surface area contributed by atoms with Gasteiger partial charge in [0.05, 0.1) is 0 Å². The number of urea groups is 1. The van der Waals surface area contributed by atoms with Crippen LogP contribution in [0.25, 0.3) is 0 Å². The number of hydrogen-bond donors (Lipinski definition) is 3. The van der Waals surface area contributed by atoms with E-state index in [4.69, 9.17) is 5.73 Å². The van der Waals surface area contributed by atoms with E-state index in [-0.39, 0.29) is 17.6 Å². The van der Waals surface area contributed by atoms with E-state index in [1.807, 2.05) is 31.2 Å². The zero-order valence-electron chi connectivity index (χ0n) is 12.4. The summed E-state index contributed by atoms with van der Waals surface area (Å²) >= 11 is 0. The molecule has 1 saturated carbocycles. The number of nitrogens with two attached hydrogens (primary N) is 1. The molecule has 1 aliphatic carbocycles. The third kappa shape index (κ3) is 3.97. The summed E-state index contributed by atoms with van der Waals surface area (Å²) < 4.78 is 0. The average molecular weight is 275 g/mol. The zero-order valence-corrected chi connectivity index (χ0v) is 12.4. The number of rotatable bonds is 3. The number of carbonyl (C=O) groups is 1. The number of hydrogen-bond acceptors (Lipinski definition) is 2. The summed E-state index contributed by atoms with van der Waals surface area (Å²) in [6.45, 7) is 4.06. The van der Waals surface area contributed by atoms with Crippen molar-refractivity contribution in [3.8, 4) is 0 Å². The number of nitrogens with one attached hydrogen (secondary N) is 2. The van der Waals surface area contributed by atoms with Crippen LogP contribution in [0.3, 0.4) is 0 Å². The van der Waals surface area contributed by atoms with Crippen molar-refractivity contribution in [1.29, 1.82) is 0 Å². The summed E-state index contributed by atoms with van der Waals surface area (Å²) in [6, 6.07) is 7.53. The third-order valence-corrected chi connectivity index (χ3v) is 4.04. The minimum atomic E-state index is -0.128. The molecule has 110 valence electrons. The lowest BCUT2D eigenvalue weighted by Crippen LogP contribution is -2.48. The molecular formula is C16H25N3O. The van der Waals surface area contributed by atoms with Gasteiger partial charge in [0.25, 0.3) is 0 Å². The number of amides is 2. The van der Waals surface area contributed by atoms with Crippen molar-refractivity contribution in [2.24, 2.45) is 5.73 Å². The van der Waals surface area contributed by atoms with Gasteiger partial charge < -0.3 is 16.4 Å². The molecule has 0 saturated heterocycles. The Morgan fingerprint density at radius 3 is 2.65 bits per heavy atom. The fourth-order valence-corrected chi connectivity index (χ4v) is 2.79. The van der Waals surface area contributed by atoms with Gasteiger partial charge in [0, 0.05) is 17.3 Å². The molecule has 1 aromatic carbocycles. The number of benzene rings is 1. The van der Waals surface area contributed by atoms with Crippen LogP contribution in [0.15, 0.2) is 24.3 Å². The second-order valence-corrected chi connectivity index (χ2v) is 6.11. The highest BCUT2D eigenvalue weighted by atomic mass is 16.2. The third-order valence-electron chi connectivity index (χ3n) is 4.04. The lowest BCUT2D eigenvalue weighted by molar-refractivity contribution is 0.221. The zero-order chi connectivity index (χ0) is 14.6. The van der Waals surface area contributed by atoms with Gasteiger partial charge in [-0.1, -0.05) is 31.4 Å². The van der Waals surface area contributed by atoms with Gasteiger partial charge in [-0.25, -0.2) is 4.79 Å². The first-order valence-electron chi connectivity index (χ1n) is 7.43. The lowest BCUT2D eigenvalue weighted by Gasteiger charge is -2.34. The van der Waals surface area contributed by atoms with Crippen LogP contribution < -0.4 is 16.4 Å². The highest BCUT2D eigenvalue weighted by molar-refractivity contribution is 5.89. The maximum atomic E-state index is 12.1. The van der Waals surface area contributed by atoms with E-state index >= 15 is 0 Å². The van der Waals surface area contributed by atoms with Crippen LogP contribution in [0, 0.1) is 0 Å². The molecule has 2 amide bonds. The van der Waals surface area contributed by atoms with Crippen molar-refractivity contribution in [2.45, 2.75) is 57.5 Å². The molecule has 0 bridgehead atoms. The van der Waals surface area contributed by atoms with Gasteiger partial charge >= 0.3 is 6.03 Å². The van der Waals surface area contributed by atoms with Crippen molar-refractivity contribution >= 4 is 11.7 Å². The highest BCUT2D eigenvalue weighted by Crippen LogP contribution is 2.27. The van der Waals surface area contributed by atoms with E-state index in [0.29, 0.717) is 0 Å². The van der Waals surface area contributed by atoms with E-state index < -0.39 is 0 Å². The molecule has 0 spiro atoms. The van der Waals surface area contributed by atoms with E-state index in [1.165, 1.54) is 19.3 Å². The van der Waals surface area contributed by atoms with Gasteiger partial charge in [0.1, 0.15) is 0 Å². The van der Waals surface area contributed by atoms with Crippen LogP contribution in [-0.2, 0) is 0 Å². The summed E-state index contributed by atoms with van der Waals surface area (Å²) in [7, 11) is 0. The van der Waals surface area contributed by atoms with E-state index in [9.17, 15) is 4.79 Å². The molecule has 20 heavy (non-hydrogen) atoms. The van der Waals surface area contributed by atoms with Gasteiger partial charge in [0.2, 0.25) is 0 Å². The van der Waals surface area contributed by atoms with E-state index in [1.54, 1.807) is 0 Å². The van der Waals surface area contributed by atoms with Crippen molar-refractivity contribution in [3.63, 3.8) is 0 Å². The molecule has 1 atom stereocenters. The molecule has 0 radical (unpaired) electrons. The smallest absolute Gasteiger partial charge is 0.319 e. The Morgan fingerprint density at radius 1 is 1.30 bits per heavy atom. The van der Waals surface area contributed by atoms with E-state index in [2.05, 4.69) is 17.6 Å². The molecule has 0 heterocycles. The molecule has 1 aromatic rings. The molecule has 2 rings (SSSR count). The van der Waals surface area contributed by atoms with Crippen LogP contribution >= 0.6 is 0 Å². The van der Waals surface area contributed by atoms with Crippen LogP contribution in [0.5, 0.6) is 0 Å². The lowest BCUT2D eigenvalue weighted by atomic mass is 9.83. The minimum absolute atomic E-state index is 0.0318. The maximum absolute atomic E-state index is 12.1. The SMILES string of the molecule is CC(N)c1cccc(NC(=O)NC2(C)CCCCC2)c1. The Bertz CT molecular complexity index is 465. The first-order chi connectivity index (χ1) is 9.48. The molecule has 1 aliphatic rings. The van der Waals surface area contributed by atoms with Crippen LogP contribution in [0.4, 0.5) is 10.5 Å². The number of anilines is 1. The monoisotopic (exact) mass is 275 g/mol. The molecule has 0 aromatic heterocycles. The normalized spacial score (nSPS) is 19.1. The van der Waals surface area contributed by atoms with Crippen molar-refractivity contribution < 1.29 is 4.79 Å². The second-order valence-electron chi connectivity index (χ2n) is 6.11. The van der Waals surface area contributed by atoms with Gasteiger partial charge in [-0.3, -0.25) is 0 Å². The summed E-state index contributed by atoms with van der Waals surface area (Å²) in [5.41, 5.74) is 7.60. The van der Waals surface area contributed by atoms with Crippen LogP contribution in [-0.4, -0.2) is 11.6 Å². The van der Waals surface area contributed by atoms with Crippen molar-refractivity contribution in [3.05, 3.63) is 29.8 Å². The predicted molar refractivity (Wildman–Crippen MR) is 82.7 cm³/mol. The molecule has 4 nitrogen and oxygen atoms in total. The average Bonchev–Trinajstić information content (AvgIpc) is 2.39.